The highest BCUT2D eigenvalue weighted by Gasteiger charge is 2.23. The van der Waals surface area contributed by atoms with Gasteiger partial charge in [-0.3, -0.25) is 14.0 Å². The second-order valence-electron chi connectivity index (χ2n) is 7.70. The van der Waals surface area contributed by atoms with Crippen LogP contribution >= 0.6 is 0 Å². The maximum Gasteiger partial charge on any atom is 0.287 e. The molecule has 7 nitrogen and oxygen atoms in total. The van der Waals surface area contributed by atoms with Crippen LogP contribution in [0.4, 0.5) is 0 Å². The average molecular weight is 396 g/mol. The molecule has 1 atom stereocenters. The Bertz CT molecular complexity index is 912. The minimum Gasteiger partial charge on any atom is -0.376 e. The van der Waals surface area contributed by atoms with Crippen LogP contribution in [0.2, 0.25) is 0 Å². The van der Waals surface area contributed by atoms with Crippen molar-refractivity contribution in [2.24, 2.45) is 0 Å². The number of allylic oxidation sites excluding steroid dienone is 1. The van der Waals surface area contributed by atoms with Crippen molar-refractivity contribution in [2.45, 2.75) is 51.0 Å². The summed E-state index contributed by atoms with van der Waals surface area (Å²) in [6, 6.07) is 5.47. The van der Waals surface area contributed by atoms with Gasteiger partial charge in [0.1, 0.15) is 0 Å². The lowest BCUT2D eigenvalue weighted by Gasteiger charge is -2.12. The van der Waals surface area contributed by atoms with E-state index in [4.69, 9.17) is 4.74 Å². The van der Waals surface area contributed by atoms with Gasteiger partial charge < -0.3 is 15.4 Å². The van der Waals surface area contributed by atoms with Crippen LogP contribution in [0.25, 0.3) is 5.52 Å². The van der Waals surface area contributed by atoms with Crippen LogP contribution in [-0.2, 0) is 4.74 Å². The molecule has 29 heavy (non-hydrogen) atoms. The molecule has 154 valence electrons. The topological polar surface area (TPSA) is 84.7 Å². The van der Waals surface area contributed by atoms with E-state index in [9.17, 15) is 9.59 Å². The highest BCUT2D eigenvalue weighted by Crippen LogP contribution is 2.19. The number of amides is 2. The third-order valence-corrected chi connectivity index (χ3v) is 5.60. The predicted octanol–water partition coefficient (Wildman–Crippen LogP) is 2.86. The van der Waals surface area contributed by atoms with Gasteiger partial charge in [-0.05, 0) is 57.1 Å². The first-order valence-electron chi connectivity index (χ1n) is 10.6. The highest BCUT2D eigenvalue weighted by molar-refractivity contribution is 6.02. The van der Waals surface area contributed by atoms with Crippen molar-refractivity contribution in [1.82, 2.24) is 20.0 Å². The largest absolute Gasteiger partial charge is 0.376 e. The Morgan fingerprint density at radius 2 is 2.10 bits per heavy atom. The minimum atomic E-state index is -0.282. The Kier molecular flexibility index (Phi) is 6.24. The summed E-state index contributed by atoms with van der Waals surface area (Å²) < 4.78 is 7.23. The van der Waals surface area contributed by atoms with Crippen LogP contribution < -0.4 is 10.6 Å². The summed E-state index contributed by atoms with van der Waals surface area (Å²) in [5, 5.41) is 5.85. The van der Waals surface area contributed by atoms with Gasteiger partial charge in [-0.1, -0.05) is 17.7 Å². The van der Waals surface area contributed by atoms with E-state index in [0.717, 1.165) is 38.7 Å². The highest BCUT2D eigenvalue weighted by atomic mass is 16.5. The summed E-state index contributed by atoms with van der Waals surface area (Å²) in [6.07, 6.45) is 11.7. The number of imidazole rings is 1. The van der Waals surface area contributed by atoms with E-state index in [1.807, 2.05) is 12.1 Å². The number of aromatic nitrogens is 2. The molecular formula is C22H28N4O3. The number of hydrogen-bond acceptors (Lipinski definition) is 4. The number of rotatable bonds is 7. The third kappa shape index (κ3) is 4.67. The van der Waals surface area contributed by atoms with Crippen molar-refractivity contribution in [3.8, 4) is 0 Å². The minimum absolute atomic E-state index is 0.0599. The van der Waals surface area contributed by atoms with Crippen LogP contribution in [0.1, 0.15) is 66.1 Å². The predicted molar refractivity (Wildman–Crippen MR) is 110 cm³/mol. The van der Waals surface area contributed by atoms with Gasteiger partial charge in [0, 0.05) is 25.9 Å². The molecule has 0 bridgehead atoms. The van der Waals surface area contributed by atoms with Crippen molar-refractivity contribution in [2.75, 3.05) is 19.7 Å². The molecule has 7 heteroatoms. The van der Waals surface area contributed by atoms with E-state index in [0.29, 0.717) is 18.6 Å². The van der Waals surface area contributed by atoms with E-state index in [2.05, 4.69) is 21.7 Å². The molecule has 1 unspecified atom stereocenters. The quantitative estimate of drug-likeness (QED) is 0.705. The van der Waals surface area contributed by atoms with Crippen LogP contribution in [0, 0.1) is 0 Å². The van der Waals surface area contributed by atoms with Gasteiger partial charge in [0.15, 0.2) is 5.69 Å². The number of nitrogens with zero attached hydrogens (tertiary/aromatic N) is 2. The molecule has 1 fully saturated rings. The van der Waals surface area contributed by atoms with Crippen LogP contribution in [-0.4, -0.2) is 47.0 Å². The third-order valence-electron chi connectivity index (χ3n) is 5.60. The smallest absolute Gasteiger partial charge is 0.287 e. The summed E-state index contributed by atoms with van der Waals surface area (Å²) in [7, 11) is 0. The Morgan fingerprint density at radius 3 is 2.90 bits per heavy atom. The van der Waals surface area contributed by atoms with Crippen molar-refractivity contribution >= 4 is 17.3 Å². The normalized spacial score (nSPS) is 19.2. The van der Waals surface area contributed by atoms with Gasteiger partial charge in [0.25, 0.3) is 11.8 Å². The first kappa shape index (κ1) is 19.6. The van der Waals surface area contributed by atoms with Crippen molar-refractivity contribution in [3.05, 3.63) is 47.6 Å². The SMILES string of the molecule is O=C(NCC1CCCO1)c1nc(C(=O)NCCC2=CCCCC2)n2ccccc12. The molecule has 3 heterocycles. The summed E-state index contributed by atoms with van der Waals surface area (Å²) in [6.45, 7) is 1.78. The Hall–Kier alpha value is -2.67. The molecule has 0 aromatic carbocycles. The van der Waals surface area contributed by atoms with Gasteiger partial charge in [-0.15, -0.1) is 0 Å². The van der Waals surface area contributed by atoms with Crippen LogP contribution in [0.5, 0.6) is 0 Å². The van der Waals surface area contributed by atoms with Crippen LogP contribution in [0.3, 0.4) is 0 Å². The lowest BCUT2D eigenvalue weighted by atomic mass is 9.97. The fraction of sp³-hybridized carbons (Fsp3) is 0.500. The molecule has 2 aromatic heterocycles. The van der Waals surface area contributed by atoms with E-state index < -0.39 is 0 Å². The molecule has 2 aliphatic rings. The Morgan fingerprint density at radius 1 is 1.17 bits per heavy atom. The standard InChI is InChI=1S/C22H28N4O3/c27-21(24-15-17-9-6-14-29-17)19-18-10-4-5-13-26(18)20(25-19)22(28)23-12-11-16-7-2-1-3-8-16/h4-5,7,10,13,17H,1-3,6,8-9,11-12,14-15H2,(H,23,28)(H,24,27). The molecular weight excluding hydrogens is 368 g/mol. The molecule has 2 aromatic rings. The number of nitrogens with one attached hydrogen (secondary N) is 2. The monoisotopic (exact) mass is 396 g/mol. The van der Waals surface area contributed by atoms with Gasteiger partial charge in [0.05, 0.1) is 11.6 Å². The number of carbonyl (C=O) groups excluding carboxylic acids is 2. The Balaban J connectivity index is 1.43. The number of ether oxygens (including phenoxy) is 1. The average Bonchev–Trinajstić information content (AvgIpc) is 3.41. The van der Waals surface area contributed by atoms with Crippen LogP contribution in [0.15, 0.2) is 36.0 Å². The summed E-state index contributed by atoms with van der Waals surface area (Å²) in [5.41, 5.74) is 2.31. The maximum atomic E-state index is 12.7. The zero-order chi connectivity index (χ0) is 20.1. The summed E-state index contributed by atoms with van der Waals surface area (Å²) in [5.74, 6) is -0.308. The molecule has 2 amide bonds. The number of carbonyl (C=O) groups is 2. The first-order chi connectivity index (χ1) is 14.2. The van der Waals surface area contributed by atoms with Crippen molar-refractivity contribution < 1.29 is 14.3 Å². The molecule has 0 radical (unpaired) electrons. The number of hydrogen-bond donors (Lipinski definition) is 2. The zero-order valence-electron chi connectivity index (χ0n) is 16.7. The van der Waals surface area contributed by atoms with Crippen molar-refractivity contribution in [1.29, 1.82) is 0 Å². The molecule has 0 spiro atoms. The second kappa shape index (κ2) is 9.22. The van der Waals surface area contributed by atoms with Gasteiger partial charge >= 0.3 is 0 Å². The molecule has 2 N–H and O–H groups in total. The molecule has 1 aliphatic heterocycles. The summed E-state index contributed by atoms with van der Waals surface area (Å²) >= 11 is 0. The molecule has 1 aliphatic carbocycles. The zero-order valence-corrected chi connectivity index (χ0v) is 16.7. The lowest BCUT2D eigenvalue weighted by Crippen LogP contribution is -2.32. The number of fused-ring (bicyclic) bond motifs is 1. The number of pyridine rings is 1. The molecule has 4 rings (SSSR count). The van der Waals surface area contributed by atoms with E-state index in [1.165, 1.54) is 18.4 Å². The van der Waals surface area contributed by atoms with Gasteiger partial charge in [0.2, 0.25) is 5.82 Å². The molecule has 1 saturated heterocycles. The van der Waals surface area contributed by atoms with E-state index in [-0.39, 0.29) is 29.4 Å². The van der Waals surface area contributed by atoms with E-state index in [1.54, 1.807) is 16.7 Å². The van der Waals surface area contributed by atoms with E-state index >= 15 is 0 Å². The van der Waals surface area contributed by atoms with Gasteiger partial charge in [-0.25, -0.2) is 4.98 Å². The fourth-order valence-electron chi connectivity index (χ4n) is 4.01. The van der Waals surface area contributed by atoms with Gasteiger partial charge in [-0.2, -0.15) is 0 Å². The second-order valence-corrected chi connectivity index (χ2v) is 7.70. The molecule has 0 saturated carbocycles. The van der Waals surface area contributed by atoms with Crippen molar-refractivity contribution in [3.63, 3.8) is 0 Å². The Labute approximate surface area is 170 Å². The maximum absolute atomic E-state index is 12.7. The lowest BCUT2D eigenvalue weighted by molar-refractivity contribution is 0.0855. The fourth-order valence-corrected chi connectivity index (χ4v) is 4.01. The first-order valence-corrected chi connectivity index (χ1v) is 10.6. The summed E-state index contributed by atoms with van der Waals surface area (Å²) in [4.78, 5) is 29.8.